The molecule has 0 aromatic heterocycles. The highest BCUT2D eigenvalue weighted by atomic mass is 16.1. The van der Waals surface area contributed by atoms with Crippen LogP contribution in [0.4, 0.5) is 0 Å². The molecule has 0 saturated carbocycles. The van der Waals surface area contributed by atoms with Crippen molar-refractivity contribution >= 4 is 5.91 Å². The maximum absolute atomic E-state index is 11.6. The van der Waals surface area contributed by atoms with E-state index in [9.17, 15) is 4.79 Å². The summed E-state index contributed by atoms with van der Waals surface area (Å²) in [5.74, 6) is 0.0791. The summed E-state index contributed by atoms with van der Waals surface area (Å²) in [7, 11) is 0. The zero-order valence-electron chi connectivity index (χ0n) is 10.7. The van der Waals surface area contributed by atoms with Crippen molar-refractivity contribution in [1.29, 1.82) is 0 Å². The van der Waals surface area contributed by atoms with Gasteiger partial charge in [0.2, 0.25) is 5.91 Å². The molecule has 0 aliphatic heterocycles. The molecule has 3 heteroatoms. The molecule has 1 unspecified atom stereocenters. The molecule has 0 heterocycles. The van der Waals surface area contributed by atoms with E-state index >= 15 is 0 Å². The summed E-state index contributed by atoms with van der Waals surface area (Å²) in [6.07, 6.45) is 2.20. The van der Waals surface area contributed by atoms with Gasteiger partial charge in [-0.3, -0.25) is 4.79 Å². The Balaban J connectivity index is 2.28. The fourth-order valence-corrected chi connectivity index (χ4v) is 1.60. The number of carbonyl (C=O) groups excluding carboxylic acids is 1. The van der Waals surface area contributed by atoms with Crippen molar-refractivity contribution < 1.29 is 4.79 Å². The maximum Gasteiger partial charge on any atom is 0.220 e. The molecule has 3 nitrogen and oxygen atoms in total. The fraction of sp³-hybridized carbons (Fsp3) is 0.500. The van der Waals surface area contributed by atoms with Crippen LogP contribution in [0.1, 0.15) is 30.9 Å². The SMILES string of the molecule is CCC(N)CNC(=O)CCc1cccc(C)c1. The lowest BCUT2D eigenvalue weighted by Crippen LogP contribution is -2.36. The van der Waals surface area contributed by atoms with Crippen LogP contribution in [0.15, 0.2) is 24.3 Å². The number of nitrogens with one attached hydrogen (secondary N) is 1. The summed E-state index contributed by atoms with van der Waals surface area (Å²) in [4.78, 5) is 11.6. The molecular formula is C14H22N2O. The summed E-state index contributed by atoms with van der Waals surface area (Å²) >= 11 is 0. The van der Waals surface area contributed by atoms with Gasteiger partial charge in [-0.1, -0.05) is 36.8 Å². The van der Waals surface area contributed by atoms with Gasteiger partial charge in [-0.25, -0.2) is 0 Å². The van der Waals surface area contributed by atoms with Crippen LogP contribution in [0.2, 0.25) is 0 Å². The first kappa shape index (κ1) is 13.7. The quantitative estimate of drug-likeness (QED) is 0.788. The third-order valence-electron chi connectivity index (χ3n) is 2.81. The minimum atomic E-state index is 0.0675. The van der Waals surface area contributed by atoms with E-state index in [1.54, 1.807) is 0 Å². The van der Waals surface area contributed by atoms with Crippen molar-refractivity contribution in [2.75, 3.05) is 6.54 Å². The van der Waals surface area contributed by atoms with Gasteiger partial charge in [0.05, 0.1) is 0 Å². The van der Waals surface area contributed by atoms with Crippen molar-refractivity contribution in [3.05, 3.63) is 35.4 Å². The first-order chi connectivity index (χ1) is 8.11. The third kappa shape index (κ3) is 5.50. The van der Waals surface area contributed by atoms with Gasteiger partial charge in [0.1, 0.15) is 0 Å². The van der Waals surface area contributed by atoms with Gasteiger partial charge in [0, 0.05) is 19.0 Å². The van der Waals surface area contributed by atoms with E-state index < -0.39 is 0 Å². The predicted octanol–water partition coefficient (Wildman–Crippen LogP) is 1.78. The highest BCUT2D eigenvalue weighted by Crippen LogP contribution is 2.06. The number of carbonyl (C=O) groups is 1. The van der Waals surface area contributed by atoms with Gasteiger partial charge in [0.15, 0.2) is 0 Å². The van der Waals surface area contributed by atoms with Crippen molar-refractivity contribution in [3.63, 3.8) is 0 Å². The minimum Gasteiger partial charge on any atom is -0.355 e. The number of hydrogen-bond donors (Lipinski definition) is 2. The monoisotopic (exact) mass is 234 g/mol. The van der Waals surface area contributed by atoms with Crippen molar-refractivity contribution in [1.82, 2.24) is 5.32 Å². The van der Waals surface area contributed by atoms with E-state index in [0.717, 1.165) is 12.8 Å². The van der Waals surface area contributed by atoms with Crippen LogP contribution in [0, 0.1) is 6.92 Å². The molecule has 0 fully saturated rings. The van der Waals surface area contributed by atoms with Gasteiger partial charge in [-0.2, -0.15) is 0 Å². The third-order valence-corrected chi connectivity index (χ3v) is 2.81. The summed E-state index contributed by atoms with van der Waals surface area (Å²) in [6.45, 7) is 4.65. The summed E-state index contributed by atoms with van der Waals surface area (Å²) in [5.41, 5.74) is 8.17. The zero-order chi connectivity index (χ0) is 12.7. The van der Waals surface area contributed by atoms with Gasteiger partial charge in [0.25, 0.3) is 0 Å². The lowest BCUT2D eigenvalue weighted by atomic mass is 10.1. The highest BCUT2D eigenvalue weighted by Gasteiger charge is 2.04. The molecule has 94 valence electrons. The number of nitrogens with two attached hydrogens (primary N) is 1. The smallest absolute Gasteiger partial charge is 0.220 e. The number of amides is 1. The van der Waals surface area contributed by atoms with Gasteiger partial charge in [-0.15, -0.1) is 0 Å². The molecule has 0 radical (unpaired) electrons. The molecule has 3 N–H and O–H groups in total. The molecule has 0 bridgehead atoms. The molecule has 1 aromatic rings. The Bertz CT molecular complexity index is 363. The molecule has 0 aliphatic rings. The largest absolute Gasteiger partial charge is 0.355 e. The molecule has 1 rings (SSSR count). The van der Waals surface area contributed by atoms with Crippen LogP contribution in [0.5, 0.6) is 0 Å². The second-order valence-corrected chi connectivity index (χ2v) is 4.46. The van der Waals surface area contributed by atoms with Crippen molar-refractivity contribution in [2.45, 2.75) is 39.2 Å². The van der Waals surface area contributed by atoms with Crippen LogP contribution >= 0.6 is 0 Å². The molecule has 1 aromatic carbocycles. The van der Waals surface area contributed by atoms with Crippen LogP contribution < -0.4 is 11.1 Å². The molecule has 1 amide bonds. The normalized spacial score (nSPS) is 12.2. The predicted molar refractivity (Wildman–Crippen MR) is 70.8 cm³/mol. The number of benzene rings is 1. The maximum atomic E-state index is 11.6. The van der Waals surface area contributed by atoms with E-state index in [1.165, 1.54) is 11.1 Å². The summed E-state index contributed by atoms with van der Waals surface area (Å²) < 4.78 is 0. The Morgan fingerprint density at radius 2 is 2.24 bits per heavy atom. The summed E-state index contributed by atoms with van der Waals surface area (Å²) in [6, 6.07) is 8.32. The minimum absolute atomic E-state index is 0.0675. The molecule has 0 saturated heterocycles. The van der Waals surface area contributed by atoms with Crippen LogP contribution in [-0.4, -0.2) is 18.5 Å². The van der Waals surface area contributed by atoms with Crippen molar-refractivity contribution in [2.24, 2.45) is 5.73 Å². The molecule has 17 heavy (non-hydrogen) atoms. The summed E-state index contributed by atoms with van der Waals surface area (Å²) in [5, 5.41) is 2.85. The van der Waals surface area contributed by atoms with E-state index in [-0.39, 0.29) is 11.9 Å². The molecule has 0 spiro atoms. The standard InChI is InChI=1S/C14H22N2O/c1-3-13(15)10-16-14(17)8-7-12-6-4-5-11(2)9-12/h4-6,9,13H,3,7-8,10,15H2,1-2H3,(H,16,17). The molecule has 0 aliphatic carbocycles. The van der Waals surface area contributed by atoms with E-state index in [0.29, 0.717) is 13.0 Å². The van der Waals surface area contributed by atoms with E-state index in [2.05, 4.69) is 30.4 Å². The molecular weight excluding hydrogens is 212 g/mol. The second-order valence-electron chi connectivity index (χ2n) is 4.46. The zero-order valence-corrected chi connectivity index (χ0v) is 10.7. The Hall–Kier alpha value is -1.35. The van der Waals surface area contributed by atoms with Crippen LogP contribution in [0.25, 0.3) is 0 Å². The molecule has 1 atom stereocenters. The van der Waals surface area contributed by atoms with E-state index in [4.69, 9.17) is 5.73 Å². The number of hydrogen-bond acceptors (Lipinski definition) is 2. The van der Waals surface area contributed by atoms with Crippen molar-refractivity contribution in [3.8, 4) is 0 Å². The average molecular weight is 234 g/mol. The number of rotatable bonds is 6. The lowest BCUT2D eigenvalue weighted by molar-refractivity contribution is -0.121. The Morgan fingerprint density at radius 3 is 2.88 bits per heavy atom. The Morgan fingerprint density at radius 1 is 1.47 bits per heavy atom. The second kappa shape index (κ2) is 7.07. The first-order valence-electron chi connectivity index (χ1n) is 6.19. The Kier molecular flexibility index (Phi) is 5.70. The number of aryl methyl sites for hydroxylation is 2. The van der Waals surface area contributed by atoms with Crippen LogP contribution in [0.3, 0.4) is 0 Å². The van der Waals surface area contributed by atoms with Gasteiger partial charge < -0.3 is 11.1 Å². The van der Waals surface area contributed by atoms with Gasteiger partial charge in [-0.05, 0) is 25.3 Å². The van der Waals surface area contributed by atoms with Gasteiger partial charge >= 0.3 is 0 Å². The highest BCUT2D eigenvalue weighted by molar-refractivity contribution is 5.76. The van der Waals surface area contributed by atoms with Crippen LogP contribution in [-0.2, 0) is 11.2 Å². The average Bonchev–Trinajstić information content (AvgIpc) is 2.33. The van der Waals surface area contributed by atoms with E-state index in [1.807, 2.05) is 13.0 Å². The lowest BCUT2D eigenvalue weighted by Gasteiger charge is -2.10. The topological polar surface area (TPSA) is 55.1 Å². The Labute approximate surface area is 103 Å². The first-order valence-corrected chi connectivity index (χ1v) is 6.19. The fourth-order valence-electron chi connectivity index (χ4n) is 1.60.